The molecule has 1 amide bonds. The zero-order chi connectivity index (χ0) is 19.9. The molecule has 0 atom stereocenters. The maximum atomic E-state index is 11.5. The normalized spacial score (nSPS) is 10.5. The Morgan fingerprint density at radius 3 is 2.04 bits per heavy atom. The molecule has 0 radical (unpaired) electrons. The Labute approximate surface area is 170 Å². The first-order valence-electron chi connectivity index (χ1n) is 9.26. The lowest BCUT2D eigenvalue weighted by molar-refractivity contribution is -0.120. The van der Waals surface area contributed by atoms with E-state index in [1.54, 1.807) is 32.6 Å². The van der Waals surface area contributed by atoms with Crippen molar-refractivity contribution in [3.05, 3.63) is 59.5 Å². The van der Waals surface area contributed by atoms with Crippen molar-refractivity contribution in [2.45, 2.75) is 19.3 Å². The maximum Gasteiger partial charge on any atom is 0.219 e. The molecule has 0 unspecified atom stereocenters. The average molecular weight is 396 g/mol. The van der Waals surface area contributed by atoms with Crippen LogP contribution >= 0.6 is 11.3 Å². The summed E-state index contributed by atoms with van der Waals surface area (Å²) >= 11 is 1.79. The van der Waals surface area contributed by atoms with Crippen LogP contribution in [0.2, 0.25) is 0 Å². The second-order valence-corrected chi connectivity index (χ2v) is 7.58. The summed E-state index contributed by atoms with van der Waals surface area (Å²) in [5.74, 6) is 1.77. The molecule has 4 nitrogen and oxygen atoms in total. The molecule has 1 aromatic heterocycles. The second kappa shape index (κ2) is 9.42. The van der Waals surface area contributed by atoms with Gasteiger partial charge in [-0.1, -0.05) is 12.1 Å². The van der Waals surface area contributed by atoms with Gasteiger partial charge in [-0.25, -0.2) is 0 Å². The van der Waals surface area contributed by atoms with Gasteiger partial charge in [0.1, 0.15) is 11.5 Å². The highest BCUT2D eigenvalue weighted by Gasteiger charge is 2.14. The Morgan fingerprint density at radius 2 is 1.50 bits per heavy atom. The zero-order valence-electron chi connectivity index (χ0n) is 16.5. The molecule has 0 aliphatic carbocycles. The van der Waals surface area contributed by atoms with E-state index < -0.39 is 0 Å². The standard InChI is InChI=1S/C23H25NO3S/c1-24-22(25)6-4-5-20-15-21(16-7-11-18(26-2)12-8-16)23(28-20)17-9-13-19(27-3)14-10-17/h7-15H,4-6H2,1-3H3,(H,24,25). The Bertz CT molecular complexity index is 849. The Morgan fingerprint density at radius 1 is 0.929 bits per heavy atom. The molecule has 5 heteroatoms. The van der Waals surface area contributed by atoms with Crippen LogP contribution < -0.4 is 14.8 Å². The SMILES string of the molecule is CNC(=O)CCCc1cc(-c2ccc(OC)cc2)c(-c2ccc(OC)cc2)s1. The number of amides is 1. The molecule has 0 spiro atoms. The molecular weight excluding hydrogens is 370 g/mol. The average Bonchev–Trinajstić information content (AvgIpc) is 3.17. The second-order valence-electron chi connectivity index (χ2n) is 6.44. The van der Waals surface area contributed by atoms with Crippen LogP contribution in [0.4, 0.5) is 0 Å². The third-order valence-electron chi connectivity index (χ3n) is 4.64. The molecule has 0 saturated heterocycles. The number of hydrogen-bond donors (Lipinski definition) is 1. The summed E-state index contributed by atoms with van der Waals surface area (Å²) in [4.78, 5) is 14.0. The van der Waals surface area contributed by atoms with E-state index in [4.69, 9.17) is 9.47 Å². The summed E-state index contributed by atoms with van der Waals surface area (Å²) in [6, 6.07) is 18.5. The maximum absolute atomic E-state index is 11.5. The van der Waals surface area contributed by atoms with Crippen molar-refractivity contribution >= 4 is 17.2 Å². The van der Waals surface area contributed by atoms with E-state index in [2.05, 4.69) is 35.6 Å². The summed E-state index contributed by atoms with van der Waals surface area (Å²) < 4.78 is 10.6. The number of benzene rings is 2. The minimum absolute atomic E-state index is 0.0855. The summed E-state index contributed by atoms with van der Waals surface area (Å²) in [5, 5.41) is 2.68. The van der Waals surface area contributed by atoms with Crippen LogP contribution in [0.3, 0.4) is 0 Å². The van der Waals surface area contributed by atoms with E-state index in [0.29, 0.717) is 6.42 Å². The first kappa shape index (κ1) is 20.0. The van der Waals surface area contributed by atoms with Gasteiger partial charge in [-0.15, -0.1) is 11.3 Å². The van der Waals surface area contributed by atoms with Crippen molar-refractivity contribution < 1.29 is 14.3 Å². The smallest absolute Gasteiger partial charge is 0.219 e. The summed E-state index contributed by atoms with van der Waals surface area (Å²) in [6.45, 7) is 0. The van der Waals surface area contributed by atoms with Gasteiger partial charge in [0.05, 0.1) is 14.2 Å². The fourth-order valence-electron chi connectivity index (χ4n) is 3.06. The summed E-state index contributed by atoms with van der Waals surface area (Å²) in [5.41, 5.74) is 3.52. The van der Waals surface area contributed by atoms with Crippen LogP contribution in [0.1, 0.15) is 17.7 Å². The van der Waals surface area contributed by atoms with E-state index in [1.807, 2.05) is 24.3 Å². The predicted molar refractivity (Wildman–Crippen MR) is 115 cm³/mol. The Kier molecular flexibility index (Phi) is 6.71. The van der Waals surface area contributed by atoms with Gasteiger partial charge in [0.25, 0.3) is 0 Å². The number of carbonyl (C=O) groups is 1. The van der Waals surface area contributed by atoms with E-state index in [0.717, 1.165) is 35.5 Å². The van der Waals surface area contributed by atoms with Crippen molar-refractivity contribution in [2.75, 3.05) is 21.3 Å². The molecule has 146 valence electrons. The summed E-state index contributed by atoms with van der Waals surface area (Å²) in [6.07, 6.45) is 2.27. The number of thiophene rings is 1. The number of hydrogen-bond acceptors (Lipinski definition) is 4. The Hall–Kier alpha value is -2.79. The molecule has 1 heterocycles. The number of ether oxygens (including phenoxy) is 2. The van der Waals surface area contributed by atoms with Crippen molar-refractivity contribution in [3.63, 3.8) is 0 Å². The number of rotatable bonds is 8. The van der Waals surface area contributed by atoms with Crippen LogP contribution in [-0.4, -0.2) is 27.2 Å². The molecule has 0 saturated carbocycles. The van der Waals surface area contributed by atoms with Gasteiger partial charge >= 0.3 is 0 Å². The number of aryl methyl sites for hydroxylation is 1. The van der Waals surface area contributed by atoms with Crippen LogP contribution in [0.15, 0.2) is 54.6 Å². The van der Waals surface area contributed by atoms with E-state index in [-0.39, 0.29) is 5.91 Å². The van der Waals surface area contributed by atoms with Gasteiger partial charge in [-0.3, -0.25) is 4.79 Å². The molecule has 3 aromatic rings. The third-order valence-corrected chi connectivity index (χ3v) is 5.89. The Balaban J connectivity index is 1.93. The van der Waals surface area contributed by atoms with Gasteiger partial charge in [-0.2, -0.15) is 0 Å². The van der Waals surface area contributed by atoms with Crippen molar-refractivity contribution in [2.24, 2.45) is 0 Å². The minimum Gasteiger partial charge on any atom is -0.497 e. The van der Waals surface area contributed by atoms with E-state index >= 15 is 0 Å². The lowest BCUT2D eigenvalue weighted by atomic mass is 10.0. The quantitative estimate of drug-likeness (QED) is 0.572. The van der Waals surface area contributed by atoms with E-state index in [1.165, 1.54) is 15.3 Å². The van der Waals surface area contributed by atoms with Gasteiger partial charge in [0, 0.05) is 28.8 Å². The lowest BCUT2D eigenvalue weighted by Gasteiger charge is -2.07. The molecule has 0 fully saturated rings. The highest BCUT2D eigenvalue weighted by Crippen LogP contribution is 2.40. The number of methoxy groups -OCH3 is 2. The van der Waals surface area contributed by atoms with Crippen molar-refractivity contribution in [1.29, 1.82) is 0 Å². The van der Waals surface area contributed by atoms with Gasteiger partial charge in [-0.05, 0) is 66.4 Å². The fraction of sp³-hybridized carbons (Fsp3) is 0.261. The van der Waals surface area contributed by atoms with Gasteiger partial charge in [0.15, 0.2) is 0 Å². The first-order valence-corrected chi connectivity index (χ1v) is 10.1. The van der Waals surface area contributed by atoms with Crippen LogP contribution in [0.5, 0.6) is 11.5 Å². The third kappa shape index (κ3) is 4.73. The molecule has 1 N–H and O–H groups in total. The van der Waals surface area contributed by atoms with Crippen LogP contribution in [-0.2, 0) is 11.2 Å². The number of nitrogens with one attached hydrogen (secondary N) is 1. The van der Waals surface area contributed by atoms with Crippen molar-refractivity contribution in [3.8, 4) is 33.1 Å². The monoisotopic (exact) mass is 395 g/mol. The highest BCUT2D eigenvalue weighted by atomic mass is 32.1. The lowest BCUT2D eigenvalue weighted by Crippen LogP contribution is -2.17. The van der Waals surface area contributed by atoms with Crippen LogP contribution in [0.25, 0.3) is 21.6 Å². The summed E-state index contributed by atoms with van der Waals surface area (Å²) in [7, 11) is 5.03. The predicted octanol–water partition coefficient (Wildman–Crippen LogP) is 5.17. The molecular formula is C23H25NO3S. The number of carbonyl (C=O) groups excluding carboxylic acids is 1. The molecule has 0 aliphatic heterocycles. The largest absolute Gasteiger partial charge is 0.497 e. The van der Waals surface area contributed by atoms with Gasteiger partial charge in [0.2, 0.25) is 5.91 Å². The molecule has 3 rings (SSSR count). The highest BCUT2D eigenvalue weighted by molar-refractivity contribution is 7.16. The zero-order valence-corrected chi connectivity index (χ0v) is 17.3. The molecule has 0 aliphatic rings. The van der Waals surface area contributed by atoms with Gasteiger partial charge < -0.3 is 14.8 Å². The molecule has 2 aromatic carbocycles. The minimum atomic E-state index is 0.0855. The van der Waals surface area contributed by atoms with E-state index in [9.17, 15) is 4.79 Å². The van der Waals surface area contributed by atoms with Crippen molar-refractivity contribution in [1.82, 2.24) is 5.32 Å². The topological polar surface area (TPSA) is 47.6 Å². The molecule has 28 heavy (non-hydrogen) atoms. The fourth-order valence-corrected chi connectivity index (χ4v) is 4.28. The molecule has 0 bridgehead atoms. The first-order chi connectivity index (χ1) is 13.6. The van der Waals surface area contributed by atoms with Crippen LogP contribution in [0, 0.1) is 0 Å².